The number of halogens is 2. The van der Waals surface area contributed by atoms with Crippen molar-refractivity contribution in [2.24, 2.45) is 0 Å². The zero-order chi connectivity index (χ0) is 28.8. The molecule has 1 aromatic heterocycles. The number of nitrogens with one attached hydrogen (secondary N) is 2. The van der Waals surface area contributed by atoms with Crippen LogP contribution < -0.4 is 16.2 Å². The first-order chi connectivity index (χ1) is 19.0. The van der Waals surface area contributed by atoms with Gasteiger partial charge in [-0.1, -0.05) is 23.2 Å². The van der Waals surface area contributed by atoms with Crippen molar-refractivity contribution < 1.29 is 14.3 Å². The maximum atomic E-state index is 14.0. The number of hydrogen-bond donors (Lipinski definition) is 2. The number of amides is 2. The van der Waals surface area contributed by atoms with Crippen molar-refractivity contribution in [3.8, 4) is 5.69 Å². The number of aromatic nitrogens is 2. The van der Waals surface area contributed by atoms with Gasteiger partial charge in [-0.25, -0.2) is 9.55 Å². The van der Waals surface area contributed by atoms with E-state index in [1.807, 2.05) is 20.8 Å². The molecule has 0 saturated carbocycles. The third kappa shape index (κ3) is 5.46. The molecule has 0 bridgehead atoms. The summed E-state index contributed by atoms with van der Waals surface area (Å²) in [6.45, 7) is 6.59. The largest absolute Gasteiger partial charge is 0.373 e. The van der Waals surface area contributed by atoms with Crippen LogP contribution in [0.5, 0.6) is 0 Å². The molecule has 0 aliphatic carbocycles. The maximum absolute atomic E-state index is 14.0. The maximum Gasteiger partial charge on any atom is 0.263 e. The molecule has 2 aliphatic heterocycles. The van der Waals surface area contributed by atoms with Gasteiger partial charge in [-0.15, -0.1) is 0 Å². The van der Waals surface area contributed by atoms with Gasteiger partial charge in [-0.3, -0.25) is 14.4 Å². The second-order valence-electron chi connectivity index (χ2n) is 10.9. The Hall–Kier alpha value is -3.40. The molecule has 40 heavy (non-hydrogen) atoms. The lowest BCUT2D eigenvalue weighted by Crippen LogP contribution is -2.46. The summed E-state index contributed by atoms with van der Waals surface area (Å²) in [5, 5.41) is 6.69. The first-order valence-corrected chi connectivity index (χ1v) is 13.9. The summed E-state index contributed by atoms with van der Waals surface area (Å²) in [4.78, 5) is 46.1. The smallest absolute Gasteiger partial charge is 0.263 e. The lowest BCUT2D eigenvalue weighted by atomic mass is 9.98. The van der Waals surface area contributed by atoms with E-state index in [0.29, 0.717) is 57.1 Å². The zero-order valence-corrected chi connectivity index (χ0v) is 24.3. The van der Waals surface area contributed by atoms with Crippen molar-refractivity contribution >= 4 is 41.0 Å². The van der Waals surface area contributed by atoms with Gasteiger partial charge in [0, 0.05) is 29.8 Å². The SMILES string of the molecule is CNC(=O)c1ccc(-n2c(NC3COC(C)(C)C3)nc3c(c2=O)C[C@@H](C)N(C(=O)c2ccc(Cl)c(Cl)c2)C3)cc1. The number of carbonyl (C=O) groups excluding carboxylic acids is 2. The van der Waals surface area contributed by atoms with E-state index in [1.54, 1.807) is 59.0 Å². The van der Waals surface area contributed by atoms with Crippen LogP contribution in [0.1, 0.15) is 59.2 Å². The Kier molecular flexibility index (Phi) is 7.65. The lowest BCUT2D eigenvalue weighted by Gasteiger charge is -2.35. The third-order valence-corrected chi connectivity index (χ3v) is 8.14. The number of carbonyl (C=O) groups is 2. The van der Waals surface area contributed by atoms with Crippen LogP contribution in [-0.4, -0.2) is 57.6 Å². The van der Waals surface area contributed by atoms with E-state index >= 15 is 0 Å². The van der Waals surface area contributed by atoms with Crippen LogP contribution in [-0.2, 0) is 17.7 Å². The molecule has 2 amide bonds. The summed E-state index contributed by atoms with van der Waals surface area (Å²) in [7, 11) is 1.57. The normalized spacial score (nSPS) is 19.7. The summed E-state index contributed by atoms with van der Waals surface area (Å²) >= 11 is 12.2. The summed E-state index contributed by atoms with van der Waals surface area (Å²) in [5.74, 6) is -0.0705. The van der Waals surface area contributed by atoms with Crippen molar-refractivity contribution in [1.29, 1.82) is 0 Å². The van der Waals surface area contributed by atoms with E-state index in [4.69, 9.17) is 32.9 Å². The molecule has 3 heterocycles. The number of benzene rings is 2. The van der Waals surface area contributed by atoms with Crippen LogP contribution in [0.25, 0.3) is 5.69 Å². The van der Waals surface area contributed by atoms with Crippen molar-refractivity contribution in [2.75, 3.05) is 19.0 Å². The fourth-order valence-electron chi connectivity index (χ4n) is 5.28. The van der Waals surface area contributed by atoms with Crippen LogP contribution in [0.4, 0.5) is 5.95 Å². The highest BCUT2D eigenvalue weighted by Crippen LogP contribution is 2.30. The van der Waals surface area contributed by atoms with E-state index in [-0.39, 0.29) is 41.6 Å². The fourth-order valence-corrected chi connectivity index (χ4v) is 5.58. The molecule has 1 saturated heterocycles. The Bertz CT molecular complexity index is 1540. The minimum Gasteiger partial charge on any atom is -0.373 e. The molecule has 9 nitrogen and oxygen atoms in total. The Labute approximate surface area is 242 Å². The van der Waals surface area contributed by atoms with Gasteiger partial charge in [0.05, 0.1) is 46.2 Å². The molecular weight excluding hydrogens is 553 g/mol. The van der Waals surface area contributed by atoms with E-state index in [9.17, 15) is 14.4 Å². The number of nitrogens with zero attached hydrogens (tertiary/aromatic N) is 3. The molecule has 2 aliphatic rings. The molecule has 1 fully saturated rings. The minimum absolute atomic E-state index is 0.0622. The standard InChI is InChI=1S/C29H31Cl2N5O4/c1-16-11-21-24(14-35(16)26(38)18-7-10-22(30)23(31)12-18)34-28(33-19-13-29(2,3)40-15-19)36(27(21)39)20-8-5-17(6-9-20)25(37)32-4/h5-10,12,16,19H,11,13-15H2,1-4H3,(H,32,37)(H,33,34)/t16-,19?/m1/s1. The number of anilines is 1. The van der Waals surface area contributed by atoms with Crippen molar-refractivity contribution in [1.82, 2.24) is 19.8 Å². The van der Waals surface area contributed by atoms with E-state index < -0.39 is 0 Å². The van der Waals surface area contributed by atoms with Crippen LogP contribution in [0.2, 0.25) is 10.0 Å². The first-order valence-electron chi connectivity index (χ1n) is 13.1. The third-order valence-electron chi connectivity index (χ3n) is 7.40. The highest BCUT2D eigenvalue weighted by Gasteiger charge is 2.35. The predicted molar refractivity (Wildman–Crippen MR) is 155 cm³/mol. The second kappa shape index (κ2) is 10.9. The van der Waals surface area contributed by atoms with Crippen LogP contribution in [0, 0.1) is 0 Å². The molecule has 2 atom stereocenters. The number of fused-ring (bicyclic) bond motifs is 1. The van der Waals surface area contributed by atoms with Crippen molar-refractivity contribution in [2.45, 2.75) is 57.8 Å². The van der Waals surface area contributed by atoms with E-state index in [0.717, 1.165) is 6.42 Å². The fraction of sp³-hybridized carbons (Fsp3) is 0.379. The molecule has 5 rings (SSSR count). The highest BCUT2D eigenvalue weighted by atomic mass is 35.5. The van der Waals surface area contributed by atoms with E-state index in [2.05, 4.69) is 10.6 Å². The number of ether oxygens (including phenoxy) is 1. The molecule has 2 aromatic carbocycles. The quantitative estimate of drug-likeness (QED) is 0.459. The Morgan fingerprint density at radius 2 is 1.77 bits per heavy atom. The monoisotopic (exact) mass is 583 g/mol. The lowest BCUT2D eigenvalue weighted by molar-refractivity contribution is 0.0363. The van der Waals surface area contributed by atoms with Crippen molar-refractivity contribution in [3.05, 3.63) is 85.2 Å². The summed E-state index contributed by atoms with van der Waals surface area (Å²) in [6.07, 6.45) is 1.07. The summed E-state index contributed by atoms with van der Waals surface area (Å²) < 4.78 is 7.45. The predicted octanol–water partition coefficient (Wildman–Crippen LogP) is 4.47. The van der Waals surface area contributed by atoms with Gasteiger partial charge in [0.25, 0.3) is 17.4 Å². The first kappa shape index (κ1) is 28.1. The summed E-state index contributed by atoms with van der Waals surface area (Å²) in [5.41, 5.74) is 2.05. The van der Waals surface area contributed by atoms with Crippen molar-refractivity contribution in [3.63, 3.8) is 0 Å². The number of hydrogen-bond acceptors (Lipinski definition) is 6. The molecule has 2 N–H and O–H groups in total. The average Bonchev–Trinajstić information content (AvgIpc) is 3.27. The topological polar surface area (TPSA) is 106 Å². The highest BCUT2D eigenvalue weighted by molar-refractivity contribution is 6.42. The molecule has 1 unspecified atom stereocenters. The van der Waals surface area contributed by atoms with Crippen LogP contribution >= 0.6 is 23.2 Å². The Morgan fingerprint density at radius 3 is 2.40 bits per heavy atom. The minimum atomic E-state index is -0.301. The van der Waals surface area contributed by atoms with E-state index in [1.165, 1.54) is 0 Å². The van der Waals surface area contributed by atoms with Gasteiger partial charge < -0.3 is 20.3 Å². The second-order valence-corrected chi connectivity index (χ2v) is 11.7. The molecule has 3 aromatic rings. The molecule has 0 radical (unpaired) electrons. The number of rotatable bonds is 5. The molecule has 0 spiro atoms. The Morgan fingerprint density at radius 1 is 1.07 bits per heavy atom. The summed E-state index contributed by atoms with van der Waals surface area (Å²) in [6, 6.07) is 11.3. The zero-order valence-electron chi connectivity index (χ0n) is 22.8. The molecule has 210 valence electrons. The molecular formula is C29H31Cl2N5O4. The average molecular weight is 585 g/mol. The van der Waals surface area contributed by atoms with Gasteiger partial charge in [-0.2, -0.15) is 0 Å². The van der Waals surface area contributed by atoms with Gasteiger partial charge in [0.1, 0.15) is 0 Å². The van der Waals surface area contributed by atoms with Crippen LogP contribution in [0.15, 0.2) is 47.3 Å². The van der Waals surface area contributed by atoms with Gasteiger partial charge >= 0.3 is 0 Å². The van der Waals surface area contributed by atoms with Crippen LogP contribution in [0.3, 0.4) is 0 Å². The molecule has 11 heteroatoms. The van der Waals surface area contributed by atoms with Gasteiger partial charge in [-0.05, 0) is 76.1 Å². The Balaban J connectivity index is 1.55. The van der Waals surface area contributed by atoms with Gasteiger partial charge in [0.2, 0.25) is 5.95 Å². The van der Waals surface area contributed by atoms with Gasteiger partial charge in [0.15, 0.2) is 0 Å².